The molecular formula is C17H26N6O. The van der Waals surface area contributed by atoms with Crippen LogP contribution in [0.15, 0.2) is 18.3 Å². The van der Waals surface area contributed by atoms with Gasteiger partial charge >= 0.3 is 6.03 Å². The van der Waals surface area contributed by atoms with Crippen molar-refractivity contribution < 1.29 is 4.79 Å². The summed E-state index contributed by atoms with van der Waals surface area (Å²) >= 11 is 0. The standard InChI is InChI=1S/C17H26N6O/c1-14(6-8-21(2)3)20-17(24)23-11-9-22(10-12-23)16-15(13-18)5-4-7-19-16/h4-5,7,14H,6,8-12H2,1-3H3,(H,20,24)/t14-/m0/s1. The van der Waals surface area contributed by atoms with Gasteiger partial charge in [-0.2, -0.15) is 5.26 Å². The minimum absolute atomic E-state index is 0.0116. The fourth-order valence-electron chi connectivity index (χ4n) is 2.68. The summed E-state index contributed by atoms with van der Waals surface area (Å²) in [5, 5.41) is 12.2. The Kier molecular flexibility index (Phi) is 6.38. The predicted octanol–water partition coefficient (Wildman–Crippen LogP) is 1.13. The van der Waals surface area contributed by atoms with Crippen molar-refractivity contribution >= 4 is 11.8 Å². The normalized spacial score (nSPS) is 16.0. The number of nitrogens with zero attached hydrogens (tertiary/aromatic N) is 5. The summed E-state index contributed by atoms with van der Waals surface area (Å²) < 4.78 is 0. The van der Waals surface area contributed by atoms with Crippen LogP contribution in [0.25, 0.3) is 0 Å². The van der Waals surface area contributed by atoms with Gasteiger partial charge < -0.3 is 20.0 Å². The summed E-state index contributed by atoms with van der Waals surface area (Å²) in [6, 6.07) is 5.85. The summed E-state index contributed by atoms with van der Waals surface area (Å²) in [5.74, 6) is 0.708. The van der Waals surface area contributed by atoms with Gasteiger partial charge in [0.15, 0.2) is 0 Å². The Balaban J connectivity index is 1.84. The van der Waals surface area contributed by atoms with Gasteiger partial charge in [-0.3, -0.25) is 0 Å². The summed E-state index contributed by atoms with van der Waals surface area (Å²) in [6.45, 7) is 5.62. The van der Waals surface area contributed by atoms with Crippen LogP contribution in [0.1, 0.15) is 18.9 Å². The lowest BCUT2D eigenvalue weighted by atomic mass is 10.2. The Bertz CT molecular complexity index is 589. The molecule has 0 spiro atoms. The summed E-state index contributed by atoms with van der Waals surface area (Å²) in [5.41, 5.74) is 0.577. The third-order valence-corrected chi connectivity index (χ3v) is 4.15. The number of urea groups is 1. The monoisotopic (exact) mass is 330 g/mol. The molecule has 1 aliphatic rings. The number of carbonyl (C=O) groups is 1. The van der Waals surface area contributed by atoms with E-state index in [-0.39, 0.29) is 12.1 Å². The second-order valence-corrected chi connectivity index (χ2v) is 6.40. The number of piperazine rings is 1. The van der Waals surface area contributed by atoms with Crippen LogP contribution in [0.5, 0.6) is 0 Å². The van der Waals surface area contributed by atoms with Crippen LogP contribution < -0.4 is 10.2 Å². The molecule has 0 saturated carbocycles. The van der Waals surface area contributed by atoms with Gasteiger partial charge in [0.1, 0.15) is 11.9 Å². The molecule has 2 amide bonds. The molecule has 0 aliphatic carbocycles. The van der Waals surface area contributed by atoms with E-state index < -0.39 is 0 Å². The zero-order valence-corrected chi connectivity index (χ0v) is 14.7. The zero-order valence-electron chi connectivity index (χ0n) is 14.7. The number of carbonyl (C=O) groups excluding carboxylic acids is 1. The molecular weight excluding hydrogens is 304 g/mol. The molecule has 24 heavy (non-hydrogen) atoms. The second kappa shape index (κ2) is 8.50. The van der Waals surface area contributed by atoms with E-state index in [1.54, 1.807) is 18.3 Å². The lowest BCUT2D eigenvalue weighted by Gasteiger charge is -2.36. The van der Waals surface area contributed by atoms with E-state index in [1.807, 2.05) is 25.9 Å². The molecule has 1 atom stereocenters. The molecule has 2 heterocycles. The number of nitriles is 1. The smallest absolute Gasteiger partial charge is 0.317 e. The largest absolute Gasteiger partial charge is 0.352 e. The quantitative estimate of drug-likeness (QED) is 0.876. The Morgan fingerprint density at radius 1 is 1.42 bits per heavy atom. The van der Waals surface area contributed by atoms with Crippen molar-refractivity contribution in [1.29, 1.82) is 5.26 Å². The zero-order chi connectivity index (χ0) is 17.5. The van der Waals surface area contributed by atoms with E-state index in [9.17, 15) is 10.1 Å². The third kappa shape index (κ3) is 4.83. The van der Waals surface area contributed by atoms with Crippen LogP contribution >= 0.6 is 0 Å². The van der Waals surface area contributed by atoms with E-state index in [1.165, 1.54) is 0 Å². The van der Waals surface area contributed by atoms with Crippen LogP contribution in [0, 0.1) is 11.3 Å². The van der Waals surface area contributed by atoms with Crippen LogP contribution in [0.2, 0.25) is 0 Å². The first-order valence-electron chi connectivity index (χ1n) is 8.31. The number of rotatable bonds is 5. The minimum Gasteiger partial charge on any atom is -0.352 e. The Hall–Kier alpha value is -2.33. The molecule has 0 radical (unpaired) electrons. The van der Waals surface area contributed by atoms with Gasteiger partial charge in [-0.25, -0.2) is 9.78 Å². The number of amides is 2. The molecule has 1 aliphatic heterocycles. The number of pyridine rings is 1. The highest BCUT2D eigenvalue weighted by Crippen LogP contribution is 2.18. The molecule has 0 aromatic carbocycles. The van der Waals surface area contributed by atoms with Gasteiger partial charge in [0.05, 0.1) is 5.56 Å². The van der Waals surface area contributed by atoms with Gasteiger partial charge in [-0.1, -0.05) is 0 Å². The van der Waals surface area contributed by atoms with E-state index >= 15 is 0 Å². The number of aromatic nitrogens is 1. The average Bonchev–Trinajstić information content (AvgIpc) is 2.60. The maximum absolute atomic E-state index is 12.3. The SMILES string of the molecule is C[C@@H](CCN(C)C)NC(=O)N1CCN(c2ncccc2C#N)CC1. The van der Waals surface area contributed by atoms with Crippen molar-refractivity contribution in [3.8, 4) is 6.07 Å². The fourth-order valence-corrected chi connectivity index (χ4v) is 2.68. The summed E-state index contributed by atoms with van der Waals surface area (Å²) in [7, 11) is 4.06. The predicted molar refractivity (Wildman–Crippen MR) is 93.9 cm³/mol. The van der Waals surface area contributed by atoms with E-state index in [0.29, 0.717) is 37.6 Å². The Labute approximate surface area is 143 Å². The topological polar surface area (TPSA) is 75.5 Å². The van der Waals surface area contributed by atoms with Crippen molar-refractivity contribution in [3.63, 3.8) is 0 Å². The maximum Gasteiger partial charge on any atom is 0.317 e. The number of hydrogen-bond acceptors (Lipinski definition) is 5. The molecule has 1 aromatic heterocycles. The lowest BCUT2D eigenvalue weighted by Crippen LogP contribution is -2.53. The second-order valence-electron chi connectivity index (χ2n) is 6.40. The molecule has 1 aromatic rings. The summed E-state index contributed by atoms with van der Waals surface area (Å²) in [6.07, 6.45) is 2.62. The van der Waals surface area contributed by atoms with Gasteiger partial charge in [0.25, 0.3) is 0 Å². The summed E-state index contributed by atoms with van der Waals surface area (Å²) in [4.78, 5) is 22.7. The third-order valence-electron chi connectivity index (χ3n) is 4.15. The molecule has 7 heteroatoms. The Morgan fingerprint density at radius 2 is 2.12 bits per heavy atom. The molecule has 1 N–H and O–H groups in total. The first kappa shape index (κ1) is 18.0. The molecule has 130 valence electrons. The lowest BCUT2D eigenvalue weighted by molar-refractivity contribution is 0.189. The highest BCUT2D eigenvalue weighted by Gasteiger charge is 2.23. The van der Waals surface area contributed by atoms with Gasteiger partial charge in [0.2, 0.25) is 0 Å². The van der Waals surface area contributed by atoms with Gasteiger partial charge in [-0.05, 0) is 46.1 Å². The minimum atomic E-state index is -0.0116. The number of nitrogens with one attached hydrogen (secondary N) is 1. The fraction of sp³-hybridized carbons (Fsp3) is 0.588. The molecule has 2 rings (SSSR count). The molecule has 0 bridgehead atoms. The molecule has 1 fully saturated rings. The van der Waals surface area contributed by atoms with Crippen LogP contribution in [-0.2, 0) is 0 Å². The van der Waals surface area contributed by atoms with E-state index in [2.05, 4.69) is 26.2 Å². The van der Waals surface area contributed by atoms with Gasteiger partial charge in [-0.15, -0.1) is 0 Å². The van der Waals surface area contributed by atoms with Crippen LogP contribution in [0.3, 0.4) is 0 Å². The van der Waals surface area contributed by atoms with Crippen molar-refractivity contribution in [2.24, 2.45) is 0 Å². The molecule has 1 saturated heterocycles. The first-order chi connectivity index (χ1) is 11.5. The maximum atomic E-state index is 12.3. The van der Waals surface area contributed by atoms with Crippen molar-refractivity contribution in [2.75, 3.05) is 51.7 Å². The van der Waals surface area contributed by atoms with Crippen LogP contribution in [0.4, 0.5) is 10.6 Å². The number of anilines is 1. The van der Waals surface area contributed by atoms with Crippen molar-refractivity contribution in [3.05, 3.63) is 23.9 Å². The van der Waals surface area contributed by atoms with Crippen LogP contribution in [-0.4, -0.2) is 73.7 Å². The first-order valence-corrected chi connectivity index (χ1v) is 8.31. The van der Waals surface area contributed by atoms with E-state index in [0.717, 1.165) is 13.0 Å². The Morgan fingerprint density at radius 3 is 2.75 bits per heavy atom. The molecule has 7 nitrogen and oxygen atoms in total. The van der Waals surface area contributed by atoms with Crippen molar-refractivity contribution in [2.45, 2.75) is 19.4 Å². The number of hydrogen-bond donors (Lipinski definition) is 1. The highest BCUT2D eigenvalue weighted by atomic mass is 16.2. The van der Waals surface area contributed by atoms with E-state index in [4.69, 9.17) is 0 Å². The van der Waals surface area contributed by atoms with Crippen molar-refractivity contribution in [1.82, 2.24) is 20.1 Å². The molecule has 0 unspecified atom stereocenters. The average molecular weight is 330 g/mol. The van der Waals surface area contributed by atoms with Gasteiger partial charge in [0, 0.05) is 38.4 Å². The highest BCUT2D eigenvalue weighted by molar-refractivity contribution is 5.75.